The van der Waals surface area contributed by atoms with Crippen molar-refractivity contribution in [1.29, 1.82) is 0 Å². The topological polar surface area (TPSA) is 35.7 Å². The number of piperidine rings is 1. The van der Waals surface area contributed by atoms with E-state index in [0.29, 0.717) is 12.1 Å². The van der Waals surface area contributed by atoms with Gasteiger partial charge >= 0.3 is 0 Å². The SMILES string of the molecule is CC(C)N1CCN(C2(CN)CCN(C(C)C)CC2)CC1. The predicted molar refractivity (Wildman–Crippen MR) is 86.0 cm³/mol. The first-order chi connectivity index (χ1) is 9.48. The lowest BCUT2D eigenvalue weighted by atomic mass is 9.84. The number of nitrogens with two attached hydrogens (primary N) is 1. The summed E-state index contributed by atoms with van der Waals surface area (Å²) in [6.45, 7) is 17.2. The summed E-state index contributed by atoms with van der Waals surface area (Å²) in [6.07, 6.45) is 2.48. The molecule has 2 aliphatic heterocycles. The second-order valence-electron chi connectivity index (χ2n) is 7.17. The van der Waals surface area contributed by atoms with E-state index in [9.17, 15) is 0 Å². The van der Waals surface area contributed by atoms with Crippen LogP contribution in [0.25, 0.3) is 0 Å². The summed E-state index contributed by atoms with van der Waals surface area (Å²) in [5, 5.41) is 0. The highest BCUT2D eigenvalue weighted by atomic mass is 15.3. The van der Waals surface area contributed by atoms with Crippen LogP contribution in [0.4, 0.5) is 0 Å². The molecule has 118 valence electrons. The fourth-order valence-electron chi connectivity index (χ4n) is 3.82. The molecule has 0 aromatic carbocycles. The van der Waals surface area contributed by atoms with Gasteiger partial charge < -0.3 is 10.6 Å². The Morgan fingerprint density at radius 2 is 1.25 bits per heavy atom. The Kier molecular flexibility index (Phi) is 5.46. The first-order valence-corrected chi connectivity index (χ1v) is 8.42. The minimum absolute atomic E-state index is 0.272. The van der Waals surface area contributed by atoms with Gasteiger partial charge in [0.05, 0.1) is 0 Å². The van der Waals surface area contributed by atoms with Crippen molar-refractivity contribution in [3.63, 3.8) is 0 Å². The molecule has 20 heavy (non-hydrogen) atoms. The van der Waals surface area contributed by atoms with E-state index in [4.69, 9.17) is 5.73 Å². The Hall–Kier alpha value is -0.160. The quantitative estimate of drug-likeness (QED) is 0.841. The number of likely N-dealkylation sites (tertiary alicyclic amines) is 1. The second kappa shape index (κ2) is 6.73. The maximum atomic E-state index is 6.21. The average Bonchev–Trinajstić information content (AvgIpc) is 2.47. The van der Waals surface area contributed by atoms with Crippen LogP contribution in [0.3, 0.4) is 0 Å². The highest BCUT2D eigenvalue weighted by Gasteiger charge is 2.40. The van der Waals surface area contributed by atoms with Crippen molar-refractivity contribution in [3.05, 3.63) is 0 Å². The van der Waals surface area contributed by atoms with Crippen LogP contribution in [-0.4, -0.2) is 78.1 Å². The maximum absolute atomic E-state index is 6.21. The Morgan fingerprint density at radius 1 is 0.800 bits per heavy atom. The molecule has 0 bridgehead atoms. The molecule has 0 aromatic heterocycles. The Morgan fingerprint density at radius 3 is 1.65 bits per heavy atom. The van der Waals surface area contributed by atoms with E-state index in [2.05, 4.69) is 42.4 Å². The molecule has 0 amide bonds. The van der Waals surface area contributed by atoms with Crippen LogP contribution >= 0.6 is 0 Å². The van der Waals surface area contributed by atoms with Gasteiger partial charge in [-0.05, 0) is 40.5 Å². The zero-order chi connectivity index (χ0) is 14.8. The molecular weight excluding hydrogens is 248 g/mol. The lowest BCUT2D eigenvalue weighted by Crippen LogP contribution is -2.64. The molecule has 2 rings (SSSR count). The lowest BCUT2D eigenvalue weighted by molar-refractivity contribution is -0.0165. The van der Waals surface area contributed by atoms with Crippen molar-refractivity contribution in [3.8, 4) is 0 Å². The molecule has 0 saturated carbocycles. The van der Waals surface area contributed by atoms with Crippen LogP contribution in [-0.2, 0) is 0 Å². The number of piperazine rings is 1. The molecule has 2 aliphatic rings. The van der Waals surface area contributed by atoms with Crippen molar-refractivity contribution in [1.82, 2.24) is 14.7 Å². The summed E-state index contributed by atoms with van der Waals surface area (Å²) >= 11 is 0. The molecule has 4 heteroatoms. The van der Waals surface area contributed by atoms with Gasteiger partial charge in [0.1, 0.15) is 0 Å². The van der Waals surface area contributed by atoms with E-state index in [1.807, 2.05) is 0 Å². The fourth-order valence-corrected chi connectivity index (χ4v) is 3.82. The molecule has 0 atom stereocenters. The second-order valence-corrected chi connectivity index (χ2v) is 7.17. The van der Waals surface area contributed by atoms with Gasteiger partial charge in [0.25, 0.3) is 0 Å². The van der Waals surface area contributed by atoms with Gasteiger partial charge in [-0.25, -0.2) is 0 Å². The molecule has 0 radical (unpaired) electrons. The van der Waals surface area contributed by atoms with Crippen molar-refractivity contribution < 1.29 is 0 Å². The third kappa shape index (κ3) is 3.35. The van der Waals surface area contributed by atoms with Gasteiger partial charge in [-0.1, -0.05) is 0 Å². The molecule has 0 spiro atoms. The van der Waals surface area contributed by atoms with Gasteiger partial charge in [-0.2, -0.15) is 0 Å². The van der Waals surface area contributed by atoms with Crippen LogP contribution < -0.4 is 5.73 Å². The third-order valence-electron chi connectivity index (χ3n) is 5.55. The number of hydrogen-bond acceptors (Lipinski definition) is 4. The standard InChI is InChI=1S/C16H34N4/c1-14(2)18-7-5-16(13-17,6-8-18)20-11-9-19(10-12-20)15(3)4/h14-15H,5-13,17H2,1-4H3. The van der Waals surface area contributed by atoms with Gasteiger partial charge in [0.15, 0.2) is 0 Å². The van der Waals surface area contributed by atoms with Crippen molar-refractivity contribution in [2.45, 2.75) is 58.2 Å². The van der Waals surface area contributed by atoms with E-state index < -0.39 is 0 Å². The smallest absolute Gasteiger partial charge is 0.0357 e. The van der Waals surface area contributed by atoms with Gasteiger partial charge in [-0.15, -0.1) is 0 Å². The molecule has 2 fully saturated rings. The van der Waals surface area contributed by atoms with E-state index in [1.165, 1.54) is 52.1 Å². The third-order valence-corrected chi connectivity index (χ3v) is 5.55. The summed E-state index contributed by atoms with van der Waals surface area (Å²) in [5.41, 5.74) is 6.48. The predicted octanol–water partition coefficient (Wildman–Crippen LogP) is 1.21. The summed E-state index contributed by atoms with van der Waals surface area (Å²) < 4.78 is 0. The number of hydrogen-bond donors (Lipinski definition) is 1. The van der Waals surface area contributed by atoms with Crippen LogP contribution in [0.15, 0.2) is 0 Å². The first-order valence-electron chi connectivity index (χ1n) is 8.42. The highest BCUT2D eigenvalue weighted by molar-refractivity contribution is 4.98. The highest BCUT2D eigenvalue weighted by Crippen LogP contribution is 2.30. The monoisotopic (exact) mass is 282 g/mol. The Bertz CT molecular complexity index is 287. The van der Waals surface area contributed by atoms with Crippen molar-refractivity contribution >= 4 is 0 Å². The largest absolute Gasteiger partial charge is 0.329 e. The van der Waals surface area contributed by atoms with Crippen molar-refractivity contribution in [2.75, 3.05) is 45.8 Å². The number of rotatable bonds is 4. The maximum Gasteiger partial charge on any atom is 0.0357 e. The van der Waals surface area contributed by atoms with Crippen LogP contribution in [0.5, 0.6) is 0 Å². The van der Waals surface area contributed by atoms with Gasteiger partial charge in [-0.3, -0.25) is 9.80 Å². The van der Waals surface area contributed by atoms with E-state index in [0.717, 1.165) is 6.54 Å². The Labute approximate surface area is 125 Å². The minimum atomic E-state index is 0.272. The zero-order valence-corrected chi connectivity index (χ0v) is 13.9. The first kappa shape index (κ1) is 16.2. The number of nitrogens with zero attached hydrogens (tertiary/aromatic N) is 3. The molecular formula is C16H34N4. The van der Waals surface area contributed by atoms with E-state index in [-0.39, 0.29) is 5.54 Å². The van der Waals surface area contributed by atoms with Crippen LogP contribution in [0.1, 0.15) is 40.5 Å². The lowest BCUT2D eigenvalue weighted by Gasteiger charge is -2.52. The average molecular weight is 282 g/mol. The molecule has 0 unspecified atom stereocenters. The summed E-state index contributed by atoms with van der Waals surface area (Å²) in [4.78, 5) is 7.88. The molecule has 2 heterocycles. The summed E-state index contributed by atoms with van der Waals surface area (Å²) in [5.74, 6) is 0. The van der Waals surface area contributed by atoms with Crippen LogP contribution in [0.2, 0.25) is 0 Å². The summed E-state index contributed by atoms with van der Waals surface area (Å²) in [6, 6.07) is 1.34. The fraction of sp³-hybridized carbons (Fsp3) is 1.00. The van der Waals surface area contributed by atoms with Crippen LogP contribution in [0, 0.1) is 0 Å². The molecule has 4 nitrogen and oxygen atoms in total. The van der Waals surface area contributed by atoms with E-state index in [1.54, 1.807) is 0 Å². The van der Waals surface area contributed by atoms with Gasteiger partial charge in [0, 0.05) is 63.4 Å². The minimum Gasteiger partial charge on any atom is -0.329 e. The van der Waals surface area contributed by atoms with Crippen molar-refractivity contribution in [2.24, 2.45) is 5.73 Å². The molecule has 0 aliphatic carbocycles. The Balaban J connectivity index is 1.93. The van der Waals surface area contributed by atoms with E-state index >= 15 is 0 Å². The summed E-state index contributed by atoms with van der Waals surface area (Å²) in [7, 11) is 0. The molecule has 2 saturated heterocycles. The molecule has 2 N–H and O–H groups in total. The van der Waals surface area contributed by atoms with Gasteiger partial charge in [0.2, 0.25) is 0 Å². The zero-order valence-electron chi connectivity index (χ0n) is 13.9. The normalized spacial score (nSPS) is 26.6. The molecule has 0 aromatic rings.